The Balaban J connectivity index is 1.85. The van der Waals surface area contributed by atoms with E-state index in [1.54, 1.807) is 36.4 Å². The minimum Gasteiger partial charge on any atom is -0.497 e. The van der Waals surface area contributed by atoms with Crippen LogP contribution in [-0.2, 0) is 9.53 Å². The lowest BCUT2D eigenvalue weighted by atomic mass is 10.1. The second kappa shape index (κ2) is 9.00. The van der Waals surface area contributed by atoms with Crippen LogP contribution in [0.3, 0.4) is 0 Å². The summed E-state index contributed by atoms with van der Waals surface area (Å²) in [6.07, 6.45) is -0.909. The van der Waals surface area contributed by atoms with E-state index in [9.17, 15) is 19.7 Å². The summed E-state index contributed by atoms with van der Waals surface area (Å²) in [7, 11) is 1.53. The summed E-state index contributed by atoms with van der Waals surface area (Å²) in [5.74, 6) is -0.215. The van der Waals surface area contributed by atoms with Gasteiger partial charge in [0.1, 0.15) is 5.75 Å². The third kappa shape index (κ3) is 5.32. The average molecular weight is 375 g/mol. The van der Waals surface area contributed by atoms with Crippen molar-refractivity contribution in [2.24, 2.45) is 0 Å². The first kappa shape index (κ1) is 19.5. The molecule has 0 aliphatic carbocycles. The molecule has 0 saturated heterocycles. The van der Waals surface area contributed by atoms with Crippen molar-refractivity contribution in [2.75, 3.05) is 12.9 Å². The molecule has 0 aromatic heterocycles. The highest BCUT2D eigenvalue weighted by Crippen LogP contribution is 2.22. The van der Waals surface area contributed by atoms with E-state index in [1.165, 1.54) is 37.9 Å². The Kier molecular flexibility index (Phi) is 6.74. The van der Waals surface area contributed by atoms with Crippen LogP contribution in [0.2, 0.25) is 0 Å². The summed E-state index contributed by atoms with van der Waals surface area (Å²) in [4.78, 5) is 35.0. The zero-order valence-electron chi connectivity index (χ0n) is 14.2. The number of hydrogen-bond donors (Lipinski definition) is 0. The zero-order valence-corrected chi connectivity index (χ0v) is 15.0. The van der Waals surface area contributed by atoms with Gasteiger partial charge in [-0.3, -0.25) is 19.7 Å². The van der Waals surface area contributed by atoms with Crippen molar-refractivity contribution in [2.45, 2.75) is 17.9 Å². The SMILES string of the molecule is COc1ccc(C(=O)[C@H](C)OC(=O)CSc2ccc([N+](=O)[O-])cc2)cc1. The number of nitro groups is 1. The molecule has 0 unspecified atom stereocenters. The van der Waals surface area contributed by atoms with Gasteiger partial charge in [-0.1, -0.05) is 0 Å². The Morgan fingerprint density at radius 1 is 1.12 bits per heavy atom. The minimum atomic E-state index is -0.909. The maximum absolute atomic E-state index is 12.3. The first-order valence-corrected chi connectivity index (χ1v) is 8.64. The van der Waals surface area contributed by atoms with Crippen LogP contribution in [0.25, 0.3) is 0 Å². The molecule has 7 nitrogen and oxygen atoms in total. The van der Waals surface area contributed by atoms with Gasteiger partial charge in [-0.05, 0) is 43.3 Å². The molecule has 136 valence electrons. The molecule has 2 aromatic rings. The molecule has 26 heavy (non-hydrogen) atoms. The fraction of sp³-hybridized carbons (Fsp3) is 0.222. The van der Waals surface area contributed by atoms with Crippen LogP contribution in [0.15, 0.2) is 53.4 Å². The first-order valence-electron chi connectivity index (χ1n) is 7.65. The predicted octanol–water partition coefficient (Wildman–Crippen LogP) is 3.51. The first-order chi connectivity index (χ1) is 12.4. The Hall–Kier alpha value is -2.87. The van der Waals surface area contributed by atoms with Crippen LogP contribution in [0.5, 0.6) is 5.75 Å². The van der Waals surface area contributed by atoms with Crippen LogP contribution >= 0.6 is 11.8 Å². The summed E-state index contributed by atoms with van der Waals surface area (Å²) < 4.78 is 10.2. The van der Waals surface area contributed by atoms with Gasteiger partial charge in [0, 0.05) is 22.6 Å². The van der Waals surface area contributed by atoms with Crippen LogP contribution in [0.4, 0.5) is 5.69 Å². The molecule has 0 N–H and O–H groups in total. The largest absolute Gasteiger partial charge is 0.497 e. The zero-order chi connectivity index (χ0) is 19.1. The number of thioether (sulfide) groups is 1. The lowest BCUT2D eigenvalue weighted by Gasteiger charge is -2.12. The number of hydrogen-bond acceptors (Lipinski definition) is 7. The molecule has 0 bridgehead atoms. The van der Waals surface area contributed by atoms with Crippen molar-refractivity contribution >= 4 is 29.2 Å². The van der Waals surface area contributed by atoms with E-state index in [1.807, 2.05) is 0 Å². The number of ketones is 1. The van der Waals surface area contributed by atoms with Crippen molar-refractivity contribution < 1.29 is 24.0 Å². The summed E-state index contributed by atoms with van der Waals surface area (Å²) in [6, 6.07) is 12.4. The number of nitro benzene ring substituents is 1. The van der Waals surface area contributed by atoms with Gasteiger partial charge in [0.15, 0.2) is 6.10 Å². The van der Waals surface area contributed by atoms with Gasteiger partial charge in [-0.2, -0.15) is 0 Å². The van der Waals surface area contributed by atoms with E-state index < -0.39 is 17.0 Å². The van der Waals surface area contributed by atoms with Crippen molar-refractivity contribution in [1.29, 1.82) is 0 Å². The predicted molar refractivity (Wildman–Crippen MR) is 96.7 cm³/mol. The van der Waals surface area contributed by atoms with E-state index in [0.717, 1.165) is 0 Å². The van der Waals surface area contributed by atoms with Gasteiger partial charge < -0.3 is 9.47 Å². The number of methoxy groups -OCH3 is 1. The number of nitrogens with zero attached hydrogens (tertiary/aromatic N) is 1. The molecule has 0 saturated carbocycles. The number of Topliss-reactive ketones (excluding diaryl/α,β-unsaturated/α-hetero) is 1. The third-order valence-electron chi connectivity index (χ3n) is 3.46. The number of ether oxygens (including phenoxy) is 2. The molecule has 0 radical (unpaired) electrons. The van der Waals surface area contributed by atoms with Crippen molar-refractivity contribution in [3.63, 3.8) is 0 Å². The summed E-state index contributed by atoms with van der Waals surface area (Å²) >= 11 is 1.18. The maximum atomic E-state index is 12.3. The topological polar surface area (TPSA) is 95.7 Å². The number of carbonyl (C=O) groups excluding carboxylic acids is 2. The van der Waals surface area contributed by atoms with Gasteiger partial charge in [-0.25, -0.2) is 0 Å². The normalized spacial score (nSPS) is 11.5. The van der Waals surface area contributed by atoms with Crippen LogP contribution in [0, 0.1) is 10.1 Å². The fourth-order valence-corrected chi connectivity index (χ4v) is 2.76. The highest BCUT2D eigenvalue weighted by molar-refractivity contribution is 8.00. The molecule has 8 heteroatoms. The molecule has 0 aliphatic rings. The third-order valence-corrected chi connectivity index (χ3v) is 4.44. The van der Waals surface area contributed by atoms with Crippen LogP contribution in [0.1, 0.15) is 17.3 Å². The molecule has 2 rings (SSSR count). The molecule has 0 spiro atoms. The second-order valence-electron chi connectivity index (χ2n) is 5.26. The number of rotatable bonds is 8. The number of non-ortho nitro benzene ring substituents is 1. The number of carbonyl (C=O) groups is 2. The monoisotopic (exact) mass is 375 g/mol. The second-order valence-corrected chi connectivity index (χ2v) is 6.31. The fourth-order valence-electron chi connectivity index (χ4n) is 2.08. The minimum absolute atomic E-state index is 0.00194. The van der Waals surface area contributed by atoms with E-state index in [-0.39, 0.29) is 17.2 Å². The Morgan fingerprint density at radius 2 is 1.73 bits per heavy atom. The van der Waals surface area contributed by atoms with Gasteiger partial charge in [0.05, 0.1) is 17.8 Å². The molecule has 0 heterocycles. The van der Waals surface area contributed by atoms with Crippen LogP contribution < -0.4 is 4.74 Å². The standard InChI is InChI=1S/C18H17NO6S/c1-12(18(21)13-3-7-15(24-2)8-4-13)25-17(20)11-26-16-9-5-14(6-10-16)19(22)23/h3-10,12H,11H2,1-2H3/t12-/m0/s1. The van der Waals surface area contributed by atoms with Crippen molar-refractivity contribution in [3.8, 4) is 5.75 Å². The molecule has 0 amide bonds. The lowest BCUT2D eigenvalue weighted by molar-refractivity contribution is -0.384. The Morgan fingerprint density at radius 3 is 2.27 bits per heavy atom. The Labute approximate surface area is 154 Å². The van der Waals surface area contributed by atoms with Gasteiger partial charge >= 0.3 is 5.97 Å². The molecular formula is C18H17NO6S. The van der Waals surface area contributed by atoms with E-state index >= 15 is 0 Å². The molecule has 0 aliphatic heterocycles. The highest BCUT2D eigenvalue weighted by atomic mass is 32.2. The van der Waals surface area contributed by atoms with E-state index in [0.29, 0.717) is 16.2 Å². The quantitative estimate of drug-likeness (QED) is 0.229. The molecule has 0 fully saturated rings. The van der Waals surface area contributed by atoms with Gasteiger partial charge in [0.25, 0.3) is 5.69 Å². The van der Waals surface area contributed by atoms with Crippen LogP contribution in [-0.4, -0.2) is 35.6 Å². The molecule has 2 aromatic carbocycles. The van der Waals surface area contributed by atoms with Crippen molar-refractivity contribution in [3.05, 3.63) is 64.2 Å². The van der Waals surface area contributed by atoms with Gasteiger partial charge in [0.2, 0.25) is 5.78 Å². The molecule has 1 atom stereocenters. The van der Waals surface area contributed by atoms with E-state index in [4.69, 9.17) is 9.47 Å². The maximum Gasteiger partial charge on any atom is 0.316 e. The van der Waals surface area contributed by atoms with Crippen molar-refractivity contribution in [1.82, 2.24) is 0 Å². The van der Waals surface area contributed by atoms with E-state index in [2.05, 4.69) is 0 Å². The average Bonchev–Trinajstić information content (AvgIpc) is 2.66. The highest BCUT2D eigenvalue weighted by Gasteiger charge is 2.19. The summed E-state index contributed by atoms with van der Waals surface area (Å²) in [6.45, 7) is 1.51. The number of esters is 1. The summed E-state index contributed by atoms with van der Waals surface area (Å²) in [5.41, 5.74) is 0.407. The number of benzene rings is 2. The Bertz CT molecular complexity index is 788. The lowest BCUT2D eigenvalue weighted by Crippen LogP contribution is -2.25. The smallest absolute Gasteiger partial charge is 0.316 e. The van der Waals surface area contributed by atoms with Gasteiger partial charge in [-0.15, -0.1) is 11.8 Å². The summed E-state index contributed by atoms with van der Waals surface area (Å²) in [5, 5.41) is 10.6. The molecular weight excluding hydrogens is 358 g/mol.